The Labute approximate surface area is 186 Å². The van der Waals surface area contributed by atoms with Crippen LogP contribution in [0, 0.1) is 20.8 Å². The summed E-state index contributed by atoms with van der Waals surface area (Å²) in [4.78, 5) is 16.9. The first kappa shape index (κ1) is 23.2. The zero-order valence-electron chi connectivity index (χ0n) is 18.6. The van der Waals surface area contributed by atoms with Crippen LogP contribution < -0.4 is 15.8 Å². The van der Waals surface area contributed by atoms with Gasteiger partial charge < -0.3 is 30.9 Å². The fourth-order valence-electron chi connectivity index (χ4n) is 3.73. The molecular weight excluding hydrogens is 414 g/mol. The number of ether oxygens (including phenoxy) is 1. The van der Waals surface area contributed by atoms with Crippen molar-refractivity contribution < 1.29 is 30.0 Å². The number of hydrogen-bond acceptors (Lipinski definition) is 7. The molecule has 3 rings (SSSR count). The van der Waals surface area contributed by atoms with Crippen molar-refractivity contribution in [3.05, 3.63) is 46.0 Å². The number of hydrogen-bond donors (Lipinski definition) is 6. The van der Waals surface area contributed by atoms with Crippen molar-refractivity contribution >= 4 is 11.9 Å². The summed E-state index contributed by atoms with van der Waals surface area (Å²) in [6, 6.07) is 3.93. The number of rotatable bonds is 4. The molecule has 172 valence electrons. The van der Waals surface area contributed by atoms with Gasteiger partial charge in [-0.2, -0.15) is 0 Å². The molecule has 2 atom stereocenters. The summed E-state index contributed by atoms with van der Waals surface area (Å²) in [5.41, 5.74) is 8.12. The van der Waals surface area contributed by atoms with Crippen LogP contribution in [0.15, 0.2) is 23.2 Å². The highest BCUT2D eigenvalue weighted by molar-refractivity contribution is 6.00. The number of phenolic OH excluding ortho intramolecular Hbond substituents is 3. The predicted molar refractivity (Wildman–Crippen MR) is 119 cm³/mol. The number of nitrogens with two attached hydrogens (primary N) is 1. The van der Waals surface area contributed by atoms with Crippen molar-refractivity contribution in [1.29, 1.82) is 0 Å². The molecule has 2 unspecified atom stereocenters. The van der Waals surface area contributed by atoms with Gasteiger partial charge in [0.15, 0.2) is 23.1 Å². The maximum absolute atomic E-state index is 12.9. The minimum absolute atomic E-state index is 0.159. The van der Waals surface area contributed by atoms with Crippen LogP contribution in [0.2, 0.25) is 0 Å². The largest absolute Gasteiger partial charge is 0.507 e. The third-order valence-corrected chi connectivity index (χ3v) is 6.06. The lowest BCUT2D eigenvalue weighted by Gasteiger charge is -2.36. The van der Waals surface area contributed by atoms with Crippen molar-refractivity contribution in [2.45, 2.75) is 52.2 Å². The van der Waals surface area contributed by atoms with E-state index in [-0.39, 0.29) is 29.8 Å². The van der Waals surface area contributed by atoms with E-state index in [9.17, 15) is 25.2 Å². The van der Waals surface area contributed by atoms with Crippen LogP contribution in [-0.4, -0.2) is 44.4 Å². The van der Waals surface area contributed by atoms with Gasteiger partial charge >= 0.3 is 0 Å². The molecular formula is C23H29N3O6. The van der Waals surface area contributed by atoms with E-state index < -0.39 is 17.6 Å². The Morgan fingerprint density at radius 3 is 2.53 bits per heavy atom. The number of phenols is 3. The van der Waals surface area contributed by atoms with E-state index in [1.165, 1.54) is 18.2 Å². The molecule has 1 aliphatic rings. The molecule has 1 aliphatic heterocycles. The lowest BCUT2D eigenvalue weighted by atomic mass is 9.86. The number of aliphatic hydroxyl groups is 1. The number of amides is 1. The van der Waals surface area contributed by atoms with Gasteiger partial charge in [-0.3, -0.25) is 15.1 Å². The van der Waals surface area contributed by atoms with E-state index in [4.69, 9.17) is 10.5 Å². The Kier molecular flexibility index (Phi) is 6.23. The van der Waals surface area contributed by atoms with E-state index in [0.29, 0.717) is 29.7 Å². The van der Waals surface area contributed by atoms with Crippen molar-refractivity contribution in [2.75, 3.05) is 6.54 Å². The first-order chi connectivity index (χ1) is 14.9. The van der Waals surface area contributed by atoms with Crippen LogP contribution in [0.3, 0.4) is 0 Å². The molecule has 0 spiro atoms. The summed E-state index contributed by atoms with van der Waals surface area (Å²) >= 11 is 0. The van der Waals surface area contributed by atoms with Crippen LogP contribution in [0.1, 0.15) is 47.3 Å². The Morgan fingerprint density at radius 2 is 1.88 bits per heavy atom. The molecule has 2 aromatic carbocycles. The number of aliphatic hydroxyl groups excluding tert-OH is 1. The number of aliphatic imine (C=N–C) groups is 1. The first-order valence-corrected chi connectivity index (χ1v) is 10.3. The Hall–Kier alpha value is -3.46. The lowest BCUT2D eigenvalue weighted by Crippen LogP contribution is -2.54. The molecule has 9 heteroatoms. The normalized spacial score (nSPS) is 19.1. The van der Waals surface area contributed by atoms with Gasteiger partial charge in [0.05, 0.1) is 12.6 Å². The third kappa shape index (κ3) is 4.29. The second-order valence-corrected chi connectivity index (χ2v) is 8.31. The fraction of sp³-hybridized carbons (Fsp3) is 0.391. The van der Waals surface area contributed by atoms with Crippen LogP contribution in [-0.2, 0) is 11.2 Å². The molecule has 9 nitrogen and oxygen atoms in total. The monoisotopic (exact) mass is 443 g/mol. The standard InChI is InChI=1S/C23H29N3O6/c1-11-12(2)20-15(13(3)19(11)30)7-8-23(4,32-20)21(31)26-22(24)25-10-18(29)14-5-6-16(27)17(28)9-14/h5-6,9,18,27-30H,7-8,10H2,1-4H3,(H3,24,25,26,31). The molecule has 2 aromatic rings. The quantitative estimate of drug-likeness (QED) is 0.239. The van der Waals surface area contributed by atoms with E-state index >= 15 is 0 Å². The predicted octanol–water partition coefficient (Wildman–Crippen LogP) is 1.98. The second kappa shape index (κ2) is 8.58. The Morgan fingerprint density at radius 1 is 1.19 bits per heavy atom. The summed E-state index contributed by atoms with van der Waals surface area (Å²) < 4.78 is 6.11. The second-order valence-electron chi connectivity index (χ2n) is 8.31. The van der Waals surface area contributed by atoms with Gasteiger partial charge in [-0.1, -0.05) is 6.07 Å². The van der Waals surface area contributed by atoms with Crippen molar-refractivity contribution in [2.24, 2.45) is 10.7 Å². The Bertz CT molecular complexity index is 1100. The molecule has 1 amide bonds. The summed E-state index contributed by atoms with van der Waals surface area (Å²) in [6.07, 6.45) is -0.149. The van der Waals surface area contributed by atoms with Crippen LogP contribution >= 0.6 is 0 Å². The molecule has 0 saturated carbocycles. The van der Waals surface area contributed by atoms with Gasteiger partial charge in [-0.25, -0.2) is 0 Å². The first-order valence-electron chi connectivity index (χ1n) is 10.3. The van der Waals surface area contributed by atoms with E-state index in [1.54, 1.807) is 13.8 Å². The van der Waals surface area contributed by atoms with Gasteiger partial charge in [0.2, 0.25) is 0 Å². The molecule has 7 N–H and O–H groups in total. The smallest absolute Gasteiger partial charge is 0.270 e. The van der Waals surface area contributed by atoms with Gasteiger partial charge in [-0.15, -0.1) is 0 Å². The molecule has 1 heterocycles. The van der Waals surface area contributed by atoms with Gasteiger partial charge in [0.1, 0.15) is 11.5 Å². The van der Waals surface area contributed by atoms with E-state index in [0.717, 1.165) is 16.7 Å². The van der Waals surface area contributed by atoms with Crippen molar-refractivity contribution in [3.63, 3.8) is 0 Å². The number of carbonyl (C=O) groups excluding carboxylic acids is 1. The molecule has 0 aliphatic carbocycles. The van der Waals surface area contributed by atoms with E-state index in [2.05, 4.69) is 10.3 Å². The molecule has 0 fully saturated rings. The molecule has 0 radical (unpaired) electrons. The van der Waals surface area contributed by atoms with Crippen LogP contribution in [0.25, 0.3) is 0 Å². The molecule has 32 heavy (non-hydrogen) atoms. The minimum atomic E-state index is -1.19. The highest BCUT2D eigenvalue weighted by Crippen LogP contribution is 2.43. The summed E-state index contributed by atoms with van der Waals surface area (Å²) in [6.45, 7) is 6.99. The third-order valence-electron chi connectivity index (χ3n) is 6.06. The van der Waals surface area contributed by atoms with E-state index in [1.807, 2.05) is 13.8 Å². The molecule has 0 saturated heterocycles. The minimum Gasteiger partial charge on any atom is -0.507 e. The summed E-state index contributed by atoms with van der Waals surface area (Å²) in [7, 11) is 0. The number of carbonyl (C=O) groups is 1. The van der Waals surface area contributed by atoms with Crippen molar-refractivity contribution in [3.8, 4) is 23.0 Å². The maximum Gasteiger partial charge on any atom is 0.270 e. The fourth-order valence-corrected chi connectivity index (χ4v) is 3.73. The zero-order chi connectivity index (χ0) is 23.8. The number of aromatic hydroxyl groups is 3. The van der Waals surface area contributed by atoms with Crippen LogP contribution in [0.4, 0.5) is 0 Å². The lowest BCUT2D eigenvalue weighted by molar-refractivity contribution is -0.135. The average molecular weight is 444 g/mol. The van der Waals surface area contributed by atoms with Crippen LogP contribution in [0.5, 0.6) is 23.0 Å². The zero-order valence-corrected chi connectivity index (χ0v) is 18.6. The topological polar surface area (TPSA) is 158 Å². The average Bonchev–Trinajstić information content (AvgIpc) is 2.76. The maximum atomic E-state index is 12.9. The Balaban J connectivity index is 1.70. The van der Waals surface area contributed by atoms with Gasteiger partial charge in [0, 0.05) is 12.0 Å². The number of fused-ring (bicyclic) bond motifs is 1. The number of benzene rings is 2. The SMILES string of the molecule is Cc1c(C)c2c(c(C)c1O)CCC(C)(C(=O)NC(N)=NCC(O)c1ccc(O)c(O)c1)O2. The van der Waals surface area contributed by atoms with Crippen molar-refractivity contribution in [1.82, 2.24) is 5.32 Å². The number of nitrogens with zero attached hydrogens (tertiary/aromatic N) is 1. The van der Waals surface area contributed by atoms with Gasteiger partial charge in [0.25, 0.3) is 5.91 Å². The molecule has 0 bridgehead atoms. The highest BCUT2D eigenvalue weighted by Gasteiger charge is 2.41. The summed E-state index contributed by atoms with van der Waals surface area (Å²) in [5.74, 6) is -0.459. The highest BCUT2D eigenvalue weighted by atomic mass is 16.5. The number of guanidine groups is 1. The number of nitrogens with one attached hydrogen (secondary N) is 1. The summed E-state index contributed by atoms with van der Waals surface area (Å²) in [5, 5.41) is 42.0. The molecule has 0 aromatic heterocycles. The van der Waals surface area contributed by atoms with Gasteiger partial charge in [-0.05, 0) is 68.5 Å².